The lowest BCUT2D eigenvalue weighted by atomic mass is 9.63. The number of hydrogen-bond acceptors (Lipinski definition) is 5. The standard InChI is InChI=1S/C36H43ClN2O4/c1-8-13-39-26-16-35(4,5)18-28(40)33(26)32(34-27(39)17-36(6,7)19-29(34)41)24-15-23(37)10-12-30(24)43-20-31(42)38-25-11-9-21(2)14-22(25)3/h9-12,14-15,32H,8,13,16-20H2,1-7H3,(H,38,42). The lowest BCUT2D eigenvalue weighted by Crippen LogP contribution is -2.44. The van der Waals surface area contributed by atoms with E-state index >= 15 is 0 Å². The molecule has 0 fully saturated rings. The van der Waals surface area contributed by atoms with Crippen LogP contribution in [0.4, 0.5) is 5.69 Å². The molecule has 7 heteroatoms. The Balaban J connectivity index is 1.59. The van der Waals surface area contributed by atoms with Crippen LogP contribution in [-0.2, 0) is 14.4 Å². The molecule has 0 spiro atoms. The van der Waals surface area contributed by atoms with Gasteiger partial charge in [0.1, 0.15) is 5.75 Å². The van der Waals surface area contributed by atoms with Crippen LogP contribution in [0.25, 0.3) is 0 Å². The Morgan fingerprint density at radius 1 is 0.930 bits per heavy atom. The van der Waals surface area contributed by atoms with E-state index in [0.717, 1.165) is 54.0 Å². The summed E-state index contributed by atoms with van der Waals surface area (Å²) in [5.74, 6) is -0.332. The van der Waals surface area contributed by atoms with E-state index in [0.29, 0.717) is 40.3 Å². The molecule has 2 aliphatic carbocycles. The quantitative estimate of drug-likeness (QED) is 0.347. The molecule has 2 aromatic rings. The van der Waals surface area contributed by atoms with Crippen LogP contribution in [0.5, 0.6) is 5.75 Å². The van der Waals surface area contributed by atoms with Gasteiger partial charge in [-0.15, -0.1) is 0 Å². The van der Waals surface area contributed by atoms with Gasteiger partial charge in [-0.1, -0.05) is 63.9 Å². The summed E-state index contributed by atoms with van der Waals surface area (Å²) in [6.07, 6.45) is 3.18. The van der Waals surface area contributed by atoms with E-state index in [1.54, 1.807) is 18.2 Å². The molecule has 0 aromatic heterocycles. The van der Waals surface area contributed by atoms with E-state index in [1.165, 1.54) is 0 Å². The monoisotopic (exact) mass is 602 g/mol. The van der Waals surface area contributed by atoms with E-state index in [1.807, 2.05) is 32.0 Å². The van der Waals surface area contributed by atoms with Gasteiger partial charge in [-0.2, -0.15) is 0 Å². The van der Waals surface area contributed by atoms with Crippen LogP contribution in [0, 0.1) is 24.7 Å². The van der Waals surface area contributed by atoms with E-state index in [4.69, 9.17) is 16.3 Å². The molecule has 6 nitrogen and oxygen atoms in total. The summed E-state index contributed by atoms with van der Waals surface area (Å²) in [5.41, 5.74) is 6.45. The van der Waals surface area contributed by atoms with Crippen LogP contribution < -0.4 is 10.1 Å². The van der Waals surface area contributed by atoms with Crippen molar-refractivity contribution in [1.29, 1.82) is 0 Å². The molecule has 1 N–H and O–H groups in total. The van der Waals surface area contributed by atoms with Gasteiger partial charge in [-0.05, 0) is 73.8 Å². The number of aryl methyl sites for hydroxylation is 2. The molecule has 1 aliphatic heterocycles. The number of benzene rings is 2. The zero-order valence-corrected chi connectivity index (χ0v) is 27.2. The van der Waals surface area contributed by atoms with Crippen molar-refractivity contribution < 1.29 is 19.1 Å². The van der Waals surface area contributed by atoms with Crippen molar-refractivity contribution in [1.82, 2.24) is 4.90 Å². The smallest absolute Gasteiger partial charge is 0.262 e. The number of rotatable bonds is 7. The topological polar surface area (TPSA) is 75.7 Å². The van der Waals surface area contributed by atoms with Gasteiger partial charge in [0, 0.05) is 64.1 Å². The fraction of sp³-hybridized carbons (Fsp3) is 0.472. The third-order valence-electron chi connectivity index (χ3n) is 8.77. The Hall–Kier alpha value is -3.38. The van der Waals surface area contributed by atoms with Crippen LogP contribution in [0.2, 0.25) is 5.02 Å². The van der Waals surface area contributed by atoms with Gasteiger partial charge in [0.15, 0.2) is 18.2 Å². The average Bonchev–Trinajstić information content (AvgIpc) is 2.89. The minimum absolute atomic E-state index is 0.0556. The number of hydrogen-bond donors (Lipinski definition) is 1. The Morgan fingerprint density at radius 3 is 2.09 bits per heavy atom. The van der Waals surface area contributed by atoms with Crippen molar-refractivity contribution in [2.75, 3.05) is 18.5 Å². The summed E-state index contributed by atoms with van der Waals surface area (Å²) in [5, 5.41) is 3.42. The summed E-state index contributed by atoms with van der Waals surface area (Å²) >= 11 is 6.58. The number of amides is 1. The van der Waals surface area contributed by atoms with Crippen LogP contribution in [-0.4, -0.2) is 35.5 Å². The maximum Gasteiger partial charge on any atom is 0.262 e. The summed E-state index contributed by atoms with van der Waals surface area (Å²) < 4.78 is 6.18. The lowest BCUT2D eigenvalue weighted by molar-refractivity contribution is -0.120. The normalized spacial score (nSPS) is 19.8. The average molecular weight is 603 g/mol. The van der Waals surface area contributed by atoms with Crippen LogP contribution in [0.1, 0.15) is 89.3 Å². The largest absolute Gasteiger partial charge is 0.483 e. The maximum atomic E-state index is 14.1. The molecule has 43 heavy (non-hydrogen) atoms. The number of anilines is 1. The van der Waals surface area contributed by atoms with E-state index in [2.05, 4.69) is 44.8 Å². The van der Waals surface area contributed by atoms with Gasteiger partial charge >= 0.3 is 0 Å². The number of ether oxygens (including phenoxy) is 1. The molecule has 1 amide bonds. The molecule has 3 aliphatic rings. The second-order valence-corrected chi connectivity index (χ2v) is 14.5. The molecule has 2 aromatic carbocycles. The first-order valence-corrected chi connectivity index (χ1v) is 15.7. The molecule has 1 heterocycles. The van der Waals surface area contributed by atoms with Gasteiger partial charge in [-0.3, -0.25) is 14.4 Å². The number of allylic oxidation sites excluding steroid dienone is 4. The number of halogens is 1. The number of nitrogens with one attached hydrogen (secondary N) is 1. The Morgan fingerprint density at radius 2 is 1.53 bits per heavy atom. The molecule has 228 valence electrons. The van der Waals surface area contributed by atoms with E-state index in [9.17, 15) is 14.4 Å². The maximum absolute atomic E-state index is 14.1. The highest BCUT2D eigenvalue weighted by atomic mass is 35.5. The first-order valence-electron chi connectivity index (χ1n) is 15.3. The minimum Gasteiger partial charge on any atom is -0.483 e. The highest BCUT2D eigenvalue weighted by Crippen LogP contribution is 2.55. The second-order valence-electron chi connectivity index (χ2n) is 14.0. The molecule has 0 radical (unpaired) electrons. The predicted molar refractivity (Wildman–Crippen MR) is 171 cm³/mol. The number of Topliss-reactive ketones (excluding diaryl/α,β-unsaturated/α-hetero) is 2. The Kier molecular flexibility index (Phi) is 8.38. The van der Waals surface area contributed by atoms with Crippen LogP contribution in [0.15, 0.2) is 58.9 Å². The summed E-state index contributed by atoms with van der Waals surface area (Å²) in [7, 11) is 0. The predicted octanol–water partition coefficient (Wildman–Crippen LogP) is 8.07. The summed E-state index contributed by atoms with van der Waals surface area (Å²) in [4.78, 5) is 43.4. The molecule has 0 bridgehead atoms. The summed E-state index contributed by atoms with van der Waals surface area (Å²) in [6.45, 7) is 15.1. The second kappa shape index (κ2) is 11.6. The first kappa shape index (κ1) is 31.1. The SMILES string of the molecule is CCCN1C2=C(C(=O)CC(C)(C)C2)C(c2cc(Cl)ccc2OCC(=O)Nc2ccc(C)cc2C)C2=C1CC(C)(C)CC2=O. The lowest BCUT2D eigenvalue weighted by Gasteiger charge is -2.49. The van der Waals surface area contributed by atoms with Gasteiger partial charge in [-0.25, -0.2) is 0 Å². The van der Waals surface area contributed by atoms with Crippen molar-refractivity contribution in [3.63, 3.8) is 0 Å². The van der Waals surface area contributed by atoms with E-state index in [-0.39, 0.29) is 34.9 Å². The van der Waals surface area contributed by atoms with Crippen LogP contribution >= 0.6 is 11.6 Å². The Labute approximate surface area is 260 Å². The van der Waals surface area contributed by atoms with E-state index < -0.39 is 5.92 Å². The van der Waals surface area contributed by atoms with Gasteiger partial charge in [0.2, 0.25) is 0 Å². The third kappa shape index (κ3) is 6.31. The first-order chi connectivity index (χ1) is 20.2. The van der Waals surface area contributed by atoms with Gasteiger partial charge in [0.25, 0.3) is 5.91 Å². The molecule has 0 saturated carbocycles. The zero-order chi connectivity index (χ0) is 31.3. The van der Waals surface area contributed by atoms with Gasteiger partial charge in [0.05, 0.1) is 0 Å². The molecule has 0 saturated heterocycles. The van der Waals surface area contributed by atoms with Gasteiger partial charge < -0.3 is 15.0 Å². The molecular weight excluding hydrogens is 560 g/mol. The number of carbonyl (C=O) groups is 3. The highest BCUT2D eigenvalue weighted by molar-refractivity contribution is 6.30. The minimum atomic E-state index is -0.596. The molecule has 0 unspecified atom stereocenters. The number of ketones is 2. The highest BCUT2D eigenvalue weighted by Gasteiger charge is 2.49. The third-order valence-corrected chi connectivity index (χ3v) is 9.00. The van der Waals surface area contributed by atoms with Crippen molar-refractivity contribution in [2.24, 2.45) is 10.8 Å². The van der Waals surface area contributed by atoms with Crippen molar-refractivity contribution in [3.8, 4) is 5.75 Å². The number of nitrogens with zero attached hydrogens (tertiary/aromatic N) is 1. The fourth-order valence-electron chi connectivity index (χ4n) is 7.01. The van der Waals surface area contributed by atoms with Crippen LogP contribution in [0.3, 0.4) is 0 Å². The summed E-state index contributed by atoms with van der Waals surface area (Å²) in [6, 6.07) is 11.1. The fourth-order valence-corrected chi connectivity index (χ4v) is 7.19. The molecule has 5 rings (SSSR count). The molecule has 0 atom stereocenters. The zero-order valence-electron chi connectivity index (χ0n) is 26.4. The Bertz CT molecular complexity index is 1510. The number of carbonyl (C=O) groups excluding carboxylic acids is 3. The van der Waals surface area contributed by atoms with Crippen molar-refractivity contribution in [2.45, 2.75) is 86.5 Å². The van der Waals surface area contributed by atoms with Crippen molar-refractivity contribution >= 4 is 34.8 Å². The van der Waals surface area contributed by atoms with Crippen molar-refractivity contribution in [3.05, 3.63) is 80.7 Å². The molecular formula is C36H43ClN2O4.